The highest BCUT2D eigenvalue weighted by atomic mass is 32.1. The van der Waals surface area contributed by atoms with Gasteiger partial charge in [-0.1, -0.05) is 11.8 Å². The summed E-state index contributed by atoms with van der Waals surface area (Å²) in [5.74, 6) is 5.88. The van der Waals surface area contributed by atoms with Crippen LogP contribution in [0.1, 0.15) is 16.9 Å². The SMILES string of the molecule is CN(Cc1cc(C#CCN)cs1)C(=O)CCn1cncn1. The van der Waals surface area contributed by atoms with Gasteiger partial charge >= 0.3 is 0 Å². The van der Waals surface area contributed by atoms with Gasteiger partial charge in [0.25, 0.3) is 0 Å². The van der Waals surface area contributed by atoms with Gasteiger partial charge in [0, 0.05) is 29.3 Å². The van der Waals surface area contributed by atoms with Crippen molar-refractivity contribution in [3.05, 3.63) is 34.5 Å². The first-order chi connectivity index (χ1) is 10.2. The quantitative estimate of drug-likeness (QED) is 0.825. The molecule has 21 heavy (non-hydrogen) atoms. The molecule has 0 aliphatic carbocycles. The van der Waals surface area contributed by atoms with E-state index in [1.807, 2.05) is 11.4 Å². The fourth-order valence-corrected chi connectivity index (χ4v) is 2.62. The summed E-state index contributed by atoms with van der Waals surface area (Å²) >= 11 is 1.60. The van der Waals surface area contributed by atoms with Crippen molar-refractivity contribution in [2.75, 3.05) is 13.6 Å². The van der Waals surface area contributed by atoms with Crippen LogP contribution in [0.15, 0.2) is 24.1 Å². The molecular formula is C14H17N5OS. The van der Waals surface area contributed by atoms with E-state index in [0.717, 1.165) is 10.4 Å². The summed E-state index contributed by atoms with van der Waals surface area (Å²) in [6, 6.07) is 1.99. The molecule has 110 valence electrons. The van der Waals surface area contributed by atoms with Crippen molar-refractivity contribution in [2.24, 2.45) is 5.73 Å². The molecule has 0 bridgehead atoms. The van der Waals surface area contributed by atoms with E-state index in [9.17, 15) is 4.79 Å². The smallest absolute Gasteiger partial charge is 0.224 e. The third-order valence-corrected chi connectivity index (χ3v) is 3.75. The van der Waals surface area contributed by atoms with Crippen molar-refractivity contribution >= 4 is 17.2 Å². The number of amides is 1. The summed E-state index contributed by atoms with van der Waals surface area (Å²) in [4.78, 5) is 18.7. The topological polar surface area (TPSA) is 77.0 Å². The Balaban J connectivity index is 1.84. The zero-order valence-electron chi connectivity index (χ0n) is 11.8. The van der Waals surface area contributed by atoms with Crippen molar-refractivity contribution in [1.82, 2.24) is 19.7 Å². The summed E-state index contributed by atoms with van der Waals surface area (Å²) in [5.41, 5.74) is 6.29. The van der Waals surface area contributed by atoms with Gasteiger partial charge in [0.1, 0.15) is 12.7 Å². The molecule has 2 aromatic rings. The molecule has 2 rings (SSSR count). The molecule has 0 saturated heterocycles. The predicted molar refractivity (Wildman–Crippen MR) is 81.4 cm³/mol. The lowest BCUT2D eigenvalue weighted by molar-refractivity contribution is -0.130. The van der Waals surface area contributed by atoms with Crippen molar-refractivity contribution in [3.63, 3.8) is 0 Å². The van der Waals surface area contributed by atoms with Crippen LogP contribution in [0.4, 0.5) is 0 Å². The first-order valence-electron chi connectivity index (χ1n) is 6.51. The molecule has 0 unspecified atom stereocenters. The molecule has 0 spiro atoms. The number of hydrogen-bond donors (Lipinski definition) is 1. The second kappa shape index (κ2) is 7.57. The molecular weight excluding hydrogens is 286 g/mol. The lowest BCUT2D eigenvalue weighted by Gasteiger charge is -2.16. The molecule has 6 nitrogen and oxygen atoms in total. The van der Waals surface area contributed by atoms with Gasteiger partial charge in [-0.3, -0.25) is 9.48 Å². The second-order valence-electron chi connectivity index (χ2n) is 4.47. The van der Waals surface area contributed by atoms with E-state index in [1.54, 1.807) is 34.3 Å². The van der Waals surface area contributed by atoms with Crippen LogP contribution in [-0.4, -0.2) is 39.2 Å². The Morgan fingerprint density at radius 3 is 3.14 bits per heavy atom. The summed E-state index contributed by atoms with van der Waals surface area (Å²) in [6.07, 6.45) is 3.48. The van der Waals surface area contributed by atoms with Gasteiger partial charge in [-0.25, -0.2) is 4.98 Å². The third kappa shape index (κ3) is 4.70. The standard InChI is InChI=1S/C14H17N5OS/c1-18(14(20)4-6-19-11-16-10-17-19)8-13-7-12(9-21-13)3-2-5-15/h7,9-11H,4-6,8,15H2,1H3. The fourth-order valence-electron chi connectivity index (χ4n) is 1.75. The number of nitrogens with zero attached hydrogens (tertiary/aromatic N) is 4. The van der Waals surface area contributed by atoms with Crippen molar-refractivity contribution in [3.8, 4) is 11.8 Å². The number of aryl methyl sites for hydroxylation is 1. The van der Waals surface area contributed by atoms with E-state index in [1.165, 1.54) is 6.33 Å². The molecule has 0 aliphatic rings. The van der Waals surface area contributed by atoms with Crippen LogP contribution in [-0.2, 0) is 17.9 Å². The number of rotatable bonds is 5. The molecule has 2 N–H and O–H groups in total. The van der Waals surface area contributed by atoms with E-state index in [4.69, 9.17) is 5.73 Å². The second-order valence-corrected chi connectivity index (χ2v) is 5.46. The normalized spacial score (nSPS) is 10.0. The maximum absolute atomic E-state index is 12.0. The van der Waals surface area contributed by atoms with E-state index in [2.05, 4.69) is 21.9 Å². The minimum atomic E-state index is 0.0773. The van der Waals surface area contributed by atoms with Crippen LogP contribution in [0, 0.1) is 11.8 Å². The van der Waals surface area contributed by atoms with Gasteiger partial charge in [0.15, 0.2) is 0 Å². The Morgan fingerprint density at radius 1 is 1.57 bits per heavy atom. The van der Waals surface area contributed by atoms with Gasteiger partial charge < -0.3 is 10.6 Å². The monoisotopic (exact) mass is 303 g/mol. The van der Waals surface area contributed by atoms with Crippen molar-refractivity contribution in [2.45, 2.75) is 19.5 Å². The molecule has 0 aliphatic heterocycles. The van der Waals surface area contributed by atoms with Gasteiger partial charge in [-0.05, 0) is 6.07 Å². The molecule has 0 fully saturated rings. The maximum Gasteiger partial charge on any atom is 0.224 e. The van der Waals surface area contributed by atoms with E-state index in [0.29, 0.717) is 26.1 Å². The summed E-state index contributed by atoms with van der Waals surface area (Å²) < 4.78 is 1.65. The first kappa shape index (κ1) is 15.2. The average molecular weight is 303 g/mol. The van der Waals surface area contributed by atoms with E-state index >= 15 is 0 Å². The Hall–Kier alpha value is -2.17. The van der Waals surface area contributed by atoms with Gasteiger partial charge in [-0.15, -0.1) is 11.3 Å². The van der Waals surface area contributed by atoms with E-state index < -0.39 is 0 Å². The van der Waals surface area contributed by atoms with Crippen LogP contribution in [0.5, 0.6) is 0 Å². The molecule has 2 aromatic heterocycles. The lowest BCUT2D eigenvalue weighted by Crippen LogP contribution is -2.26. The number of aromatic nitrogens is 3. The van der Waals surface area contributed by atoms with Crippen LogP contribution < -0.4 is 5.73 Å². The molecule has 1 amide bonds. The number of carbonyl (C=O) groups is 1. The minimum Gasteiger partial charge on any atom is -0.341 e. The number of carbonyl (C=O) groups excluding carboxylic acids is 1. The number of nitrogens with two attached hydrogens (primary N) is 1. The Labute approximate surface area is 127 Å². The predicted octanol–water partition coefficient (Wildman–Crippen LogP) is 0.698. The zero-order chi connectivity index (χ0) is 15.1. The Kier molecular flexibility index (Phi) is 5.49. The average Bonchev–Trinajstić information content (AvgIpc) is 3.14. The summed E-state index contributed by atoms with van der Waals surface area (Å²) in [7, 11) is 1.80. The highest BCUT2D eigenvalue weighted by Crippen LogP contribution is 2.16. The van der Waals surface area contributed by atoms with Crippen LogP contribution in [0.25, 0.3) is 0 Å². The van der Waals surface area contributed by atoms with Crippen molar-refractivity contribution in [1.29, 1.82) is 0 Å². The molecule has 0 saturated carbocycles. The molecule has 0 aromatic carbocycles. The molecule has 0 radical (unpaired) electrons. The molecule has 2 heterocycles. The van der Waals surface area contributed by atoms with Crippen LogP contribution in [0.3, 0.4) is 0 Å². The van der Waals surface area contributed by atoms with Gasteiger partial charge in [0.2, 0.25) is 5.91 Å². The Morgan fingerprint density at radius 2 is 2.43 bits per heavy atom. The van der Waals surface area contributed by atoms with Crippen molar-refractivity contribution < 1.29 is 4.79 Å². The molecule has 0 atom stereocenters. The highest BCUT2D eigenvalue weighted by Gasteiger charge is 2.10. The summed E-state index contributed by atoms with van der Waals surface area (Å²) in [5, 5.41) is 5.95. The number of thiophene rings is 1. The maximum atomic E-state index is 12.0. The highest BCUT2D eigenvalue weighted by molar-refractivity contribution is 7.10. The fraction of sp³-hybridized carbons (Fsp3) is 0.357. The number of hydrogen-bond acceptors (Lipinski definition) is 5. The van der Waals surface area contributed by atoms with Gasteiger partial charge in [-0.2, -0.15) is 5.10 Å². The summed E-state index contributed by atoms with van der Waals surface area (Å²) in [6.45, 7) is 1.48. The third-order valence-electron chi connectivity index (χ3n) is 2.83. The van der Waals surface area contributed by atoms with E-state index in [-0.39, 0.29) is 5.91 Å². The lowest BCUT2D eigenvalue weighted by atomic mass is 10.3. The van der Waals surface area contributed by atoms with Crippen LogP contribution >= 0.6 is 11.3 Å². The van der Waals surface area contributed by atoms with Gasteiger partial charge in [0.05, 0.1) is 19.6 Å². The Bertz CT molecular complexity index is 638. The first-order valence-corrected chi connectivity index (χ1v) is 7.39. The molecule has 7 heteroatoms. The van der Waals surface area contributed by atoms with Crippen LogP contribution in [0.2, 0.25) is 0 Å². The largest absolute Gasteiger partial charge is 0.341 e. The minimum absolute atomic E-state index is 0.0773. The zero-order valence-corrected chi connectivity index (χ0v) is 12.6.